The molecule has 0 aliphatic rings. The summed E-state index contributed by atoms with van der Waals surface area (Å²) in [4.78, 5) is 12.1. The van der Waals surface area contributed by atoms with Crippen molar-refractivity contribution in [2.45, 2.75) is 19.4 Å². The van der Waals surface area contributed by atoms with Gasteiger partial charge in [0.25, 0.3) is 5.56 Å². The number of aromatic nitrogens is 4. The number of pyridine rings is 1. The maximum absolute atomic E-state index is 12.1. The van der Waals surface area contributed by atoms with Crippen LogP contribution in [0.3, 0.4) is 0 Å². The molecule has 5 nitrogen and oxygen atoms in total. The number of rotatable bonds is 4. The van der Waals surface area contributed by atoms with E-state index >= 15 is 0 Å². The Kier molecular flexibility index (Phi) is 4.24. The zero-order valence-electron chi connectivity index (χ0n) is 13.8. The Balaban J connectivity index is 2.19. The highest BCUT2D eigenvalue weighted by Gasteiger charge is 2.14. The summed E-state index contributed by atoms with van der Waals surface area (Å²) in [5.41, 5.74) is 3.71. The zero-order valence-corrected chi connectivity index (χ0v) is 13.8. The highest BCUT2D eigenvalue weighted by molar-refractivity contribution is 5.80. The number of hydrogen-bond acceptors (Lipinski definition) is 3. The Morgan fingerprint density at radius 3 is 2.80 bits per heavy atom. The van der Waals surface area contributed by atoms with Crippen molar-refractivity contribution in [3.05, 3.63) is 59.2 Å². The molecular weight excluding hydrogens is 312 g/mol. The van der Waals surface area contributed by atoms with Crippen molar-refractivity contribution in [3.63, 3.8) is 0 Å². The number of fused-ring (bicyclic) bond motifs is 1. The monoisotopic (exact) mass is 328 g/mol. The van der Waals surface area contributed by atoms with Gasteiger partial charge < -0.3 is 0 Å². The molecule has 0 aliphatic heterocycles. The van der Waals surface area contributed by atoms with Gasteiger partial charge in [-0.25, -0.2) is 9.20 Å². The summed E-state index contributed by atoms with van der Waals surface area (Å²) in [5.74, 6) is 5.01. The van der Waals surface area contributed by atoms with E-state index in [1.165, 1.54) is 10.7 Å². The SMILES string of the molecule is C#CCC(C#C)n1nc(-c2cccn3nc(C(=C)C)cc23)ccc1=O. The minimum atomic E-state index is -0.576. The van der Waals surface area contributed by atoms with Crippen molar-refractivity contribution in [2.75, 3.05) is 0 Å². The van der Waals surface area contributed by atoms with Gasteiger partial charge in [0, 0.05) is 24.2 Å². The van der Waals surface area contributed by atoms with Crippen molar-refractivity contribution in [2.24, 2.45) is 0 Å². The average Bonchev–Trinajstić information content (AvgIpc) is 3.05. The van der Waals surface area contributed by atoms with Gasteiger partial charge in [-0.2, -0.15) is 10.2 Å². The van der Waals surface area contributed by atoms with Crippen LogP contribution >= 0.6 is 0 Å². The van der Waals surface area contributed by atoms with Gasteiger partial charge >= 0.3 is 0 Å². The number of nitrogens with zero attached hydrogens (tertiary/aromatic N) is 4. The first-order chi connectivity index (χ1) is 12.0. The fourth-order valence-electron chi connectivity index (χ4n) is 2.56. The van der Waals surface area contributed by atoms with Gasteiger partial charge in [0.15, 0.2) is 0 Å². The molecular formula is C20H16N4O. The molecule has 0 aliphatic carbocycles. The highest BCUT2D eigenvalue weighted by atomic mass is 16.1. The summed E-state index contributed by atoms with van der Waals surface area (Å²) in [6.07, 6.45) is 12.9. The van der Waals surface area contributed by atoms with Crippen LogP contribution in [-0.4, -0.2) is 19.4 Å². The first-order valence-corrected chi connectivity index (χ1v) is 7.69. The Hall–Kier alpha value is -3.57. The van der Waals surface area contributed by atoms with E-state index in [2.05, 4.69) is 28.6 Å². The molecule has 3 aromatic heterocycles. The van der Waals surface area contributed by atoms with Crippen molar-refractivity contribution < 1.29 is 0 Å². The number of hydrogen-bond donors (Lipinski definition) is 0. The zero-order chi connectivity index (χ0) is 18.0. The van der Waals surface area contributed by atoms with Crippen LogP contribution in [0, 0.1) is 24.7 Å². The normalized spacial score (nSPS) is 11.6. The fraction of sp³-hybridized carbons (Fsp3) is 0.150. The lowest BCUT2D eigenvalue weighted by Crippen LogP contribution is -2.26. The standard InChI is InChI=1S/C20H16N4O/c1-5-8-15(6-2)24-20(25)11-10-17(22-24)16-9-7-12-23-19(16)13-18(21-23)14(3)4/h1-2,7,9-13,15H,3,8H2,4H3. The average molecular weight is 328 g/mol. The summed E-state index contributed by atoms with van der Waals surface area (Å²) >= 11 is 0. The number of allylic oxidation sites excluding steroid dienone is 1. The molecule has 3 heterocycles. The lowest BCUT2D eigenvalue weighted by molar-refractivity contribution is 0.536. The van der Waals surface area contributed by atoms with Crippen LogP contribution in [0.4, 0.5) is 0 Å². The van der Waals surface area contributed by atoms with E-state index in [0.717, 1.165) is 22.3 Å². The fourth-order valence-corrected chi connectivity index (χ4v) is 2.56. The molecule has 1 unspecified atom stereocenters. The van der Waals surface area contributed by atoms with Crippen LogP contribution in [0.1, 0.15) is 25.1 Å². The van der Waals surface area contributed by atoms with Crippen LogP contribution in [-0.2, 0) is 0 Å². The summed E-state index contributed by atoms with van der Waals surface area (Å²) in [5, 5.41) is 8.92. The molecule has 1 atom stereocenters. The van der Waals surface area contributed by atoms with Gasteiger partial charge in [0.1, 0.15) is 6.04 Å². The molecule has 0 saturated heterocycles. The molecule has 0 radical (unpaired) electrons. The van der Waals surface area contributed by atoms with Gasteiger partial charge in [-0.3, -0.25) is 4.79 Å². The van der Waals surface area contributed by atoms with Crippen LogP contribution in [0.2, 0.25) is 0 Å². The van der Waals surface area contributed by atoms with Crippen LogP contribution in [0.5, 0.6) is 0 Å². The second-order valence-electron chi connectivity index (χ2n) is 5.65. The van der Waals surface area contributed by atoms with Crippen LogP contribution in [0.25, 0.3) is 22.3 Å². The second kappa shape index (κ2) is 6.51. The highest BCUT2D eigenvalue weighted by Crippen LogP contribution is 2.24. The third-order valence-electron chi connectivity index (χ3n) is 3.84. The van der Waals surface area contributed by atoms with E-state index in [0.29, 0.717) is 5.69 Å². The molecule has 0 bridgehead atoms. The summed E-state index contributed by atoms with van der Waals surface area (Å²) in [6.45, 7) is 5.83. The van der Waals surface area contributed by atoms with E-state index in [9.17, 15) is 4.79 Å². The molecule has 0 aromatic carbocycles. The van der Waals surface area contributed by atoms with E-state index in [1.54, 1.807) is 10.6 Å². The third-order valence-corrected chi connectivity index (χ3v) is 3.84. The van der Waals surface area contributed by atoms with Crippen molar-refractivity contribution >= 4 is 11.1 Å². The molecule has 5 heteroatoms. The van der Waals surface area contributed by atoms with Crippen molar-refractivity contribution in [3.8, 4) is 35.9 Å². The minimum Gasteiger partial charge on any atom is -0.268 e. The van der Waals surface area contributed by atoms with E-state index < -0.39 is 6.04 Å². The molecule has 3 aromatic rings. The predicted octanol–water partition coefficient (Wildman–Crippen LogP) is 2.79. The summed E-state index contributed by atoms with van der Waals surface area (Å²) in [6, 6.07) is 8.27. The smallest absolute Gasteiger partial charge is 0.267 e. The van der Waals surface area contributed by atoms with Crippen LogP contribution in [0.15, 0.2) is 47.9 Å². The maximum Gasteiger partial charge on any atom is 0.267 e. The minimum absolute atomic E-state index is 0.240. The molecule has 0 amide bonds. The van der Waals surface area contributed by atoms with E-state index in [1.807, 2.05) is 31.3 Å². The quantitative estimate of drug-likeness (QED) is 0.692. The summed E-state index contributed by atoms with van der Waals surface area (Å²) in [7, 11) is 0. The van der Waals surface area contributed by atoms with Crippen molar-refractivity contribution in [1.29, 1.82) is 0 Å². The van der Waals surface area contributed by atoms with E-state index in [4.69, 9.17) is 12.8 Å². The van der Waals surface area contributed by atoms with Gasteiger partial charge in [0.2, 0.25) is 0 Å². The summed E-state index contributed by atoms with van der Waals surface area (Å²) < 4.78 is 3.02. The predicted molar refractivity (Wildman–Crippen MR) is 98.7 cm³/mol. The van der Waals surface area contributed by atoms with Gasteiger partial charge in [-0.1, -0.05) is 12.5 Å². The lowest BCUT2D eigenvalue weighted by Gasteiger charge is -2.12. The maximum atomic E-state index is 12.1. The van der Waals surface area contributed by atoms with Gasteiger partial charge in [-0.15, -0.1) is 18.8 Å². The Bertz CT molecular complexity index is 1110. The first-order valence-electron chi connectivity index (χ1n) is 7.69. The van der Waals surface area contributed by atoms with Gasteiger partial charge in [-0.05, 0) is 36.8 Å². The Labute approximate surface area is 145 Å². The molecule has 0 N–H and O–H groups in total. The topological polar surface area (TPSA) is 52.2 Å². The first kappa shape index (κ1) is 16.3. The molecule has 122 valence electrons. The molecule has 0 saturated carbocycles. The Morgan fingerprint density at radius 2 is 2.12 bits per heavy atom. The van der Waals surface area contributed by atoms with Crippen LogP contribution < -0.4 is 5.56 Å². The second-order valence-corrected chi connectivity index (χ2v) is 5.65. The molecule has 25 heavy (non-hydrogen) atoms. The molecule has 0 fully saturated rings. The lowest BCUT2D eigenvalue weighted by atomic mass is 10.1. The molecule has 0 spiro atoms. The largest absolute Gasteiger partial charge is 0.268 e. The van der Waals surface area contributed by atoms with E-state index in [-0.39, 0.29) is 12.0 Å². The van der Waals surface area contributed by atoms with Crippen molar-refractivity contribution in [1.82, 2.24) is 19.4 Å². The number of terminal acetylenes is 2. The third kappa shape index (κ3) is 2.96. The molecule has 3 rings (SSSR count). The Morgan fingerprint density at radius 1 is 1.32 bits per heavy atom. The van der Waals surface area contributed by atoms with Gasteiger partial charge in [0.05, 0.1) is 16.9 Å².